The Balaban J connectivity index is 2.84. The van der Waals surface area contributed by atoms with E-state index in [1.165, 1.54) is 6.20 Å². The second kappa shape index (κ2) is 3.95. The number of aromatic nitrogens is 2. The molecule has 1 rings (SSSR count). The zero-order valence-electron chi connectivity index (χ0n) is 6.04. The topological polar surface area (TPSA) is 38.1 Å². The lowest BCUT2D eigenvalue weighted by Crippen LogP contribution is -2.11. The van der Waals surface area contributed by atoms with E-state index in [1.54, 1.807) is 0 Å². The standard InChI is InChI=1S/C6H7BrF2N2O/c7-4-1-10-11(2-6(8)9)5(4)3-12/h1,6,12H,2-3H2. The maximum absolute atomic E-state index is 11.9. The van der Waals surface area contributed by atoms with Gasteiger partial charge in [-0.05, 0) is 15.9 Å². The molecular formula is C6H7BrF2N2O. The second-order valence-corrected chi connectivity index (χ2v) is 3.02. The Bertz CT molecular complexity index is 264. The Labute approximate surface area is 76.1 Å². The molecule has 0 spiro atoms. The third-order valence-corrected chi connectivity index (χ3v) is 2.02. The molecule has 68 valence electrons. The third kappa shape index (κ3) is 2.01. The molecule has 0 saturated carbocycles. The highest BCUT2D eigenvalue weighted by atomic mass is 79.9. The number of hydrogen-bond donors (Lipinski definition) is 1. The number of hydrogen-bond acceptors (Lipinski definition) is 2. The molecule has 3 nitrogen and oxygen atoms in total. The van der Waals surface area contributed by atoms with Crippen molar-refractivity contribution in [3.8, 4) is 0 Å². The summed E-state index contributed by atoms with van der Waals surface area (Å²) in [4.78, 5) is 0. The minimum absolute atomic E-state index is 0.298. The second-order valence-electron chi connectivity index (χ2n) is 2.17. The first-order valence-corrected chi connectivity index (χ1v) is 4.03. The molecule has 12 heavy (non-hydrogen) atoms. The van der Waals surface area contributed by atoms with Crippen LogP contribution in [-0.2, 0) is 13.2 Å². The molecule has 0 aliphatic carbocycles. The third-order valence-electron chi connectivity index (χ3n) is 1.36. The predicted molar refractivity (Wildman–Crippen MR) is 41.9 cm³/mol. The molecule has 0 bridgehead atoms. The van der Waals surface area contributed by atoms with Crippen molar-refractivity contribution < 1.29 is 13.9 Å². The van der Waals surface area contributed by atoms with Crippen molar-refractivity contribution in [1.82, 2.24) is 9.78 Å². The van der Waals surface area contributed by atoms with Crippen LogP contribution in [0.5, 0.6) is 0 Å². The molecule has 0 amide bonds. The Morgan fingerprint density at radius 2 is 2.33 bits per heavy atom. The Hall–Kier alpha value is -0.490. The van der Waals surface area contributed by atoms with Crippen molar-refractivity contribution in [1.29, 1.82) is 0 Å². The fourth-order valence-corrected chi connectivity index (χ4v) is 1.25. The molecule has 0 aliphatic heterocycles. The molecule has 1 heterocycles. The molecule has 1 aromatic heterocycles. The van der Waals surface area contributed by atoms with Gasteiger partial charge in [-0.2, -0.15) is 5.10 Å². The van der Waals surface area contributed by atoms with Crippen LogP contribution in [0.15, 0.2) is 10.7 Å². The van der Waals surface area contributed by atoms with E-state index in [1.807, 2.05) is 0 Å². The van der Waals surface area contributed by atoms with Gasteiger partial charge in [-0.25, -0.2) is 8.78 Å². The normalized spacial score (nSPS) is 11.1. The number of aliphatic hydroxyl groups excluding tert-OH is 1. The minimum Gasteiger partial charge on any atom is -0.390 e. The highest BCUT2D eigenvalue weighted by Crippen LogP contribution is 2.16. The first kappa shape index (κ1) is 9.60. The number of rotatable bonds is 3. The molecule has 0 fully saturated rings. The predicted octanol–water partition coefficient (Wildman–Crippen LogP) is 1.40. The van der Waals surface area contributed by atoms with Gasteiger partial charge >= 0.3 is 0 Å². The molecule has 0 unspecified atom stereocenters. The summed E-state index contributed by atoms with van der Waals surface area (Å²) >= 11 is 3.08. The van der Waals surface area contributed by atoms with Gasteiger partial charge in [0.1, 0.15) is 6.54 Å². The van der Waals surface area contributed by atoms with Gasteiger partial charge in [-0.15, -0.1) is 0 Å². The Kier molecular flexibility index (Phi) is 3.16. The summed E-state index contributed by atoms with van der Waals surface area (Å²) in [5.74, 6) is 0. The maximum Gasteiger partial charge on any atom is 0.257 e. The lowest BCUT2D eigenvalue weighted by Gasteiger charge is -2.03. The lowest BCUT2D eigenvalue weighted by molar-refractivity contribution is 0.118. The van der Waals surface area contributed by atoms with Gasteiger partial charge in [0, 0.05) is 0 Å². The van der Waals surface area contributed by atoms with Crippen molar-refractivity contribution in [2.45, 2.75) is 19.6 Å². The van der Waals surface area contributed by atoms with Crippen LogP contribution in [0.1, 0.15) is 5.69 Å². The smallest absolute Gasteiger partial charge is 0.257 e. The van der Waals surface area contributed by atoms with Gasteiger partial charge in [-0.1, -0.05) is 0 Å². The van der Waals surface area contributed by atoms with E-state index in [4.69, 9.17) is 5.11 Å². The van der Waals surface area contributed by atoms with Crippen LogP contribution >= 0.6 is 15.9 Å². The summed E-state index contributed by atoms with van der Waals surface area (Å²) in [5.41, 5.74) is 0.371. The monoisotopic (exact) mass is 240 g/mol. The van der Waals surface area contributed by atoms with E-state index in [9.17, 15) is 8.78 Å². The number of halogens is 3. The average Bonchev–Trinajstić information content (AvgIpc) is 2.30. The maximum atomic E-state index is 11.9. The van der Waals surface area contributed by atoms with Crippen molar-refractivity contribution in [2.24, 2.45) is 0 Å². The van der Waals surface area contributed by atoms with Crippen molar-refractivity contribution >= 4 is 15.9 Å². The van der Waals surface area contributed by atoms with Gasteiger partial charge in [-0.3, -0.25) is 4.68 Å². The molecule has 1 N–H and O–H groups in total. The van der Waals surface area contributed by atoms with Gasteiger partial charge in [0.15, 0.2) is 0 Å². The number of aliphatic hydroxyl groups is 1. The van der Waals surface area contributed by atoms with Crippen LogP contribution in [0, 0.1) is 0 Å². The van der Waals surface area contributed by atoms with Crippen molar-refractivity contribution in [2.75, 3.05) is 0 Å². The van der Waals surface area contributed by atoms with Crippen LogP contribution in [0.25, 0.3) is 0 Å². The van der Waals surface area contributed by atoms with Crippen LogP contribution in [0.3, 0.4) is 0 Å². The highest BCUT2D eigenvalue weighted by molar-refractivity contribution is 9.10. The lowest BCUT2D eigenvalue weighted by atomic mass is 10.4. The van der Waals surface area contributed by atoms with E-state index >= 15 is 0 Å². The van der Waals surface area contributed by atoms with Gasteiger partial charge in [0.2, 0.25) is 0 Å². The summed E-state index contributed by atoms with van der Waals surface area (Å²) < 4.78 is 25.4. The SMILES string of the molecule is OCc1c(Br)cnn1CC(F)F. The van der Waals surface area contributed by atoms with Gasteiger partial charge < -0.3 is 5.11 Å². The first-order chi connectivity index (χ1) is 5.65. The van der Waals surface area contributed by atoms with E-state index in [0.29, 0.717) is 10.2 Å². The zero-order chi connectivity index (χ0) is 9.14. The molecular weight excluding hydrogens is 234 g/mol. The molecule has 0 aliphatic rings. The zero-order valence-corrected chi connectivity index (χ0v) is 7.63. The largest absolute Gasteiger partial charge is 0.390 e. The van der Waals surface area contributed by atoms with E-state index in [-0.39, 0.29) is 6.61 Å². The van der Waals surface area contributed by atoms with E-state index < -0.39 is 13.0 Å². The van der Waals surface area contributed by atoms with E-state index in [2.05, 4.69) is 21.0 Å². The van der Waals surface area contributed by atoms with Crippen molar-refractivity contribution in [3.05, 3.63) is 16.4 Å². The van der Waals surface area contributed by atoms with Crippen LogP contribution in [-0.4, -0.2) is 21.3 Å². The Morgan fingerprint density at radius 1 is 1.67 bits per heavy atom. The first-order valence-electron chi connectivity index (χ1n) is 3.24. The fourth-order valence-electron chi connectivity index (χ4n) is 0.833. The molecule has 0 atom stereocenters. The molecule has 0 aromatic carbocycles. The molecule has 0 saturated heterocycles. The summed E-state index contributed by atoms with van der Waals surface area (Å²) in [6, 6.07) is 0. The molecule has 0 radical (unpaired) electrons. The van der Waals surface area contributed by atoms with Gasteiger partial charge in [0.25, 0.3) is 6.43 Å². The molecule has 6 heteroatoms. The van der Waals surface area contributed by atoms with Crippen LogP contribution in [0.2, 0.25) is 0 Å². The van der Waals surface area contributed by atoms with E-state index in [0.717, 1.165) is 4.68 Å². The number of alkyl halides is 2. The summed E-state index contributed by atoms with van der Waals surface area (Å²) in [6.45, 7) is -0.783. The summed E-state index contributed by atoms with van der Waals surface area (Å²) in [6.07, 6.45) is -1.07. The summed E-state index contributed by atoms with van der Waals surface area (Å²) in [5, 5.41) is 12.4. The van der Waals surface area contributed by atoms with Crippen molar-refractivity contribution in [3.63, 3.8) is 0 Å². The molecule has 1 aromatic rings. The summed E-state index contributed by atoms with van der Waals surface area (Å²) in [7, 11) is 0. The Morgan fingerprint density at radius 3 is 2.83 bits per heavy atom. The quantitative estimate of drug-likeness (QED) is 0.868. The number of nitrogens with zero attached hydrogens (tertiary/aromatic N) is 2. The highest BCUT2D eigenvalue weighted by Gasteiger charge is 2.11. The minimum atomic E-state index is -2.46. The fraction of sp³-hybridized carbons (Fsp3) is 0.500. The average molecular weight is 241 g/mol. The van der Waals surface area contributed by atoms with Gasteiger partial charge in [0.05, 0.1) is 23.0 Å². The van der Waals surface area contributed by atoms with Crippen LogP contribution < -0.4 is 0 Å². The van der Waals surface area contributed by atoms with Crippen LogP contribution in [0.4, 0.5) is 8.78 Å².